The first-order chi connectivity index (χ1) is 17.0. The van der Waals surface area contributed by atoms with Gasteiger partial charge in [-0.1, -0.05) is 20.8 Å². The van der Waals surface area contributed by atoms with Gasteiger partial charge < -0.3 is 20.6 Å². The number of carboxylic acids is 1. The third-order valence-electron chi connectivity index (χ3n) is 11.5. The molecule has 4 aliphatic carbocycles. The smallest absolute Gasteiger partial charge is 0.326 e. The normalized spacial score (nSPS) is 43.6. The van der Waals surface area contributed by atoms with E-state index in [-0.39, 0.29) is 34.9 Å². The summed E-state index contributed by atoms with van der Waals surface area (Å²) >= 11 is 1.59. The molecule has 0 saturated heterocycles. The van der Waals surface area contributed by atoms with Crippen molar-refractivity contribution < 1.29 is 24.9 Å². The van der Waals surface area contributed by atoms with Crippen molar-refractivity contribution >= 4 is 23.6 Å². The Labute approximate surface area is 221 Å². The van der Waals surface area contributed by atoms with Gasteiger partial charge in [-0.2, -0.15) is 11.8 Å². The van der Waals surface area contributed by atoms with Crippen molar-refractivity contribution in [2.75, 3.05) is 12.0 Å². The van der Waals surface area contributed by atoms with Crippen LogP contribution in [-0.4, -0.2) is 57.5 Å². The highest BCUT2D eigenvalue weighted by Gasteiger charge is 2.62. The van der Waals surface area contributed by atoms with Gasteiger partial charge in [0.15, 0.2) is 0 Å². The molecule has 7 heteroatoms. The molecule has 4 saturated carbocycles. The van der Waals surface area contributed by atoms with E-state index in [2.05, 4.69) is 26.1 Å². The molecule has 0 aliphatic heterocycles. The number of hydrogen-bond acceptors (Lipinski definition) is 5. The van der Waals surface area contributed by atoms with E-state index in [4.69, 9.17) is 0 Å². The van der Waals surface area contributed by atoms with Crippen LogP contribution < -0.4 is 5.32 Å². The van der Waals surface area contributed by atoms with E-state index in [1.165, 1.54) is 25.7 Å². The first kappa shape index (κ1) is 28.2. The molecule has 36 heavy (non-hydrogen) atoms. The summed E-state index contributed by atoms with van der Waals surface area (Å²) in [5.74, 6) is 2.66. The van der Waals surface area contributed by atoms with Crippen LogP contribution in [0.15, 0.2) is 0 Å². The highest BCUT2D eigenvalue weighted by atomic mass is 32.2. The second kappa shape index (κ2) is 11.1. The van der Waals surface area contributed by atoms with Gasteiger partial charge in [0.2, 0.25) is 5.91 Å². The second-order valence-electron chi connectivity index (χ2n) is 13.2. The molecule has 1 unspecified atom stereocenters. The van der Waals surface area contributed by atoms with Crippen molar-refractivity contribution in [1.29, 1.82) is 0 Å². The first-order valence-corrected chi connectivity index (χ1v) is 15.8. The number of amides is 1. The molecular formula is C29H49NO5S. The molecule has 0 aromatic heterocycles. The third kappa shape index (κ3) is 5.22. The summed E-state index contributed by atoms with van der Waals surface area (Å²) in [6, 6.07) is -0.798. The molecule has 0 radical (unpaired) electrons. The number of aliphatic carboxylic acids is 1. The average Bonchev–Trinajstić information content (AvgIpc) is 3.18. The predicted molar refractivity (Wildman–Crippen MR) is 144 cm³/mol. The minimum atomic E-state index is -0.952. The zero-order valence-electron chi connectivity index (χ0n) is 22.7. The third-order valence-corrected chi connectivity index (χ3v) is 12.1. The van der Waals surface area contributed by atoms with Crippen LogP contribution in [0.4, 0.5) is 0 Å². The number of aliphatic hydroxyl groups excluding tert-OH is 2. The van der Waals surface area contributed by atoms with Crippen LogP contribution in [-0.2, 0) is 9.59 Å². The van der Waals surface area contributed by atoms with E-state index in [0.29, 0.717) is 48.2 Å². The highest BCUT2D eigenvalue weighted by molar-refractivity contribution is 7.98. The molecule has 0 bridgehead atoms. The van der Waals surface area contributed by atoms with Crippen LogP contribution in [0.1, 0.15) is 91.4 Å². The van der Waals surface area contributed by atoms with Gasteiger partial charge in [0, 0.05) is 6.42 Å². The van der Waals surface area contributed by atoms with E-state index in [1.54, 1.807) is 11.8 Å². The molecule has 0 heterocycles. The predicted octanol–water partition coefficient (Wildman–Crippen LogP) is 4.72. The van der Waals surface area contributed by atoms with Gasteiger partial charge in [-0.3, -0.25) is 4.79 Å². The number of aliphatic hydroxyl groups is 2. The fourth-order valence-corrected chi connectivity index (χ4v) is 10.0. The van der Waals surface area contributed by atoms with Crippen LogP contribution in [0, 0.1) is 46.3 Å². The fourth-order valence-electron chi connectivity index (χ4n) is 9.57. The zero-order valence-corrected chi connectivity index (χ0v) is 23.6. The quantitative estimate of drug-likeness (QED) is 0.349. The summed E-state index contributed by atoms with van der Waals surface area (Å²) in [6.45, 7) is 7.18. The Kier molecular flexibility index (Phi) is 8.73. The lowest BCUT2D eigenvalue weighted by Crippen LogP contribution is -2.58. The zero-order chi connectivity index (χ0) is 26.3. The largest absolute Gasteiger partial charge is 0.480 e. The van der Waals surface area contributed by atoms with Crippen molar-refractivity contribution in [3.05, 3.63) is 0 Å². The van der Waals surface area contributed by atoms with Gasteiger partial charge in [-0.05, 0) is 123 Å². The standard InChI is InChI=1S/C29H49NO5S/c1-17(5-8-26(33)30-24(27(34)35)11-14-36-4)20-6-7-21-19-16-25(32)23-15-18(31)9-12-29(23,3)22(19)10-13-28(20,21)2/h17-25,31-32H,5-16H2,1-4H3,(H,30,33)(H,34,35)/t17-,18-,19+,20-,21+,22+,23?,24+,25+,28-,29-/m1/s1. The molecule has 0 spiro atoms. The van der Waals surface area contributed by atoms with E-state index >= 15 is 0 Å². The topological polar surface area (TPSA) is 107 Å². The highest BCUT2D eigenvalue weighted by Crippen LogP contribution is 2.68. The molecule has 1 amide bonds. The fraction of sp³-hybridized carbons (Fsp3) is 0.931. The van der Waals surface area contributed by atoms with Crippen molar-refractivity contribution in [1.82, 2.24) is 5.32 Å². The van der Waals surface area contributed by atoms with Crippen LogP contribution in [0.5, 0.6) is 0 Å². The number of carbonyl (C=O) groups excluding carboxylic acids is 1. The maximum absolute atomic E-state index is 12.6. The average molecular weight is 524 g/mol. The number of fused-ring (bicyclic) bond motifs is 5. The SMILES string of the molecule is CSCC[C@H](NC(=O)CC[C@@H](C)[C@H]1CC[C@H]2[C@@H]3C[C@H](O)C4C[C@H](O)CC[C@]4(C)[C@H]3CC[C@]12C)C(=O)O. The molecule has 6 nitrogen and oxygen atoms in total. The summed E-state index contributed by atoms with van der Waals surface area (Å²) < 4.78 is 0. The number of carbonyl (C=O) groups is 2. The summed E-state index contributed by atoms with van der Waals surface area (Å²) in [4.78, 5) is 24.1. The minimum Gasteiger partial charge on any atom is -0.480 e. The molecule has 0 aromatic carbocycles. The van der Waals surface area contributed by atoms with Gasteiger partial charge >= 0.3 is 5.97 Å². The van der Waals surface area contributed by atoms with Crippen LogP contribution in [0.2, 0.25) is 0 Å². The van der Waals surface area contributed by atoms with Gasteiger partial charge in [-0.15, -0.1) is 0 Å². The summed E-state index contributed by atoms with van der Waals surface area (Å²) in [6.07, 6.45) is 11.4. The van der Waals surface area contributed by atoms with E-state index in [1.807, 2.05) is 6.26 Å². The van der Waals surface area contributed by atoms with E-state index in [9.17, 15) is 24.9 Å². The number of hydrogen-bond donors (Lipinski definition) is 4. The van der Waals surface area contributed by atoms with Gasteiger partial charge in [0.25, 0.3) is 0 Å². The number of thioether (sulfide) groups is 1. The Hall–Kier alpha value is -0.790. The lowest BCUT2D eigenvalue weighted by atomic mass is 9.44. The molecular weight excluding hydrogens is 474 g/mol. The maximum Gasteiger partial charge on any atom is 0.326 e. The van der Waals surface area contributed by atoms with Gasteiger partial charge in [0.1, 0.15) is 6.04 Å². The molecule has 206 valence electrons. The van der Waals surface area contributed by atoms with E-state index < -0.39 is 12.0 Å². The minimum absolute atomic E-state index is 0.141. The van der Waals surface area contributed by atoms with Crippen LogP contribution >= 0.6 is 11.8 Å². The second-order valence-corrected chi connectivity index (χ2v) is 14.2. The van der Waals surface area contributed by atoms with Crippen molar-refractivity contribution in [3.8, 4) is 0 Å². The Morgan fingerprint density at radius 2 is 1.67 bits per heavy atom. The van der Waals surface area contributed by atoms with Crippen molar-refractivity contribution in [3.63, 3.8) is 0 Å². The van der Waals surface area contributed by atoms with Crippen molar-refractivity contribution in [2.45, 2.75) is 110 Å². The Bertz CT molecular complexity index is 809. The lowest BCUT2D eigenvalue weighted by molar-refractivity contribution is -0.172. The monoisotopic (exact) mass is 523 g/mol. The van der Waals surface area contributed by atoms with Gasteiger partial charge in [-0.25, -0.2) is 4.79 Å². The molecule has 0 aromatic rings. The Balaban J connectivity index is 1.38. The molecule has 4 aliphatic rings. The number of nitrogens with one attached hydrogen (secondary N) is 1. The molecule has 4 fully saturated rings. The number of carboxylic acid groups (broad SMARTS) is 1. The molecule has 4 N–H and O–H groups in total. The Morgan fingerprint density at radius 1 is 0.972 bits per heavy atom. The van der Waals surface area contributed by atoms with Crippen molar-refractivity contribution in [2.24, 2.45) is 46.3 Å². The summed E-state index contributed by atoms with van der Waals surface area (Å²) in [7, 11) is 0. The van der Waals surface area contributed by atoms with Crippen LogP contribution in [0.3, 0.4) is 0 Å². The van der Waals surface area contributed by atoms with E-state index in [0.717, 1.165) is 32.1 Å². The molecule has 11 atom stereocenters. The summed E-state index contributed by atoms with van der Waals surface area (Å²) in [5, 5.41) is 33.7. The lowest BCUT2D eigenvalue weighted by Gasteiger charge is -2.62. The maximum atomic E-state index is 12.6. The van der Waals surface area contributed by atoms with Crippen LogP contribution in [0.25, 0.3) is 0 Å². The number of rotatable bonds is 9. The summed E-state index contributed by atoms with van der Waals surface area (Å²) in [5.41, 5.74) is 0.387. The first-order valence-electron chi connectivity index (χ1n) is 14.4. The Morgan fingerprint density at radius 3 is 2.36 bits per heavy atom. The van der Waals surface area contributed by atoms with Gasteiger partial charge in [0.05, 0.1) is 12.2 Å². The molecule has 4 rings (SSSR count).